The van der Waals surface area contributed by atoms with Gasteiger partial charge in [-0.25, -0.2) is 18.4 Å². The summed E-state index contributed by atoms with van der Waals surface area (Å²) in [5.41, 5.74) is 6.67. The highest BCUT2D eigenvalue weighted by atomic mass is 19.2. The fraction of sp³-hybridized carbons (Fsp3) is 0.370. The quantitative estimate of drug-likeness (QED) is 0.310. The van der Waals surface area contributed by atoms with Gasteiger partial charge in [0.15, 0.2) is 17.3 Å². The van der Waals surface area contributed by atoms with Crippen LogP contribution >= 0.6 is 0 Å². The summed E-state index contributed by atoms with van der Waals surface area (Å²) in [5, 5.41) is 0. The highest BCUT2D eigenvalue weighted by Crippen LogP contribution is 2.25. The Morgan fingerprint density at radius 1 is 0.974 bits per heavy atom. The third-order valence-corrected chi connectivity index (χ3v) is 6.80. The van der Waals surface area contributed by atoms with Gasteiger partial charge in [-0.1, -0.05) is 18.6 Å². The van der Waals surface area contributed by atoms with E-state index in [9.17, 15) is 23.2 Å². The van der Waals surface area contributed by atoms with E-state index in [0.29, 0.717) is 18.5 Å². The number of aromatic nitrogens is 2. The Morgan fingerprint density at radius 2 is 1.68 bits per heavy atom. The molecule has 3 aromatic rings. The number of methoxy groups -OCH3 is 1. The van der Waals surface area contributed by atoms with E-state index in [1.807, 2.05) is 12.1 Å². The zero-order valence-corrected chi connectivity index (χ0v) is 21.2. The van der Waals surface area contributed by atoms with Crippen molar-refractivity contribution in [1.82, 2.24) is 14.5 Å². The van der Waals surface area contributed by atoms with Crippen molar-refractivity contribution in [3.8, 4) is 11.3 Å². The molecule has 38 heavy (non-hydrogen) atoms. The number of hydrogen-bond donors (Lipinski definition) is 2. The number of imidazole rings is 1. The Bertz CT molecular complexity index is 1360. The first kappa shape index (κ1) is 27.1. The smallest absolute Gasteiger partial charge is 0.356 e. The molecule has 1 aliphatic heterocycles. The summed E-state index contributed by atoms with van der Waals surface area (Å²) in [7, 11) is 1.18. The fourth-order valence-electron chi connectivity index (χ4n) is 4.83. The summed E-state index contributed by atoms with van der Waals surface area (Å²) >= 11 is 0. The number of carbonyl (C=O) groups is 2. The number of ether oxygens (including phenoxy) is 1. The molecule has 2 aromatic carbocycles. The molecule has 2 heterocycles. The first-order chi connectivity index (χ1) is 18.3. The molecule has 0 saturated carbocycles. The second-order valence-electron chi connectivity index (χ2n) is 9.20. The molecule has 0 spiro atoms. The third kappa shape index (κ3) is 5.94. The minimum absolute atomic E-state index is 0.0979. The summed E-state index contributed by atoms with van der Waals surface area (Å²) in [6, 6.07) is 10.6. The van der Waals surface area contributed by atoms with Crippen molar-refractivity contribution in [2.75, 3.05) is 44.7 Å². The van der Waals surface area contributed by atoms with E-state index < -0.39 is 29.2 Å². The standard InChI is InChI=1S/C27H31F2N5O4/c1-38-26(36)23-24(18-9-10-20(28)21(29)17-18)34(27(37)31-23)12-6-2-5-11-32-13-15-33(16-14-32)22-8-4-3-7-19(22)25(30)35/h3-4,7-10,17H,2,5-6,11-16H2,1H3,(H2,30,35)(H,31,37). The predicted molar refractivity (Wildman–Crippen MR) is 139 cm³/mol. The fourth-order valence-corrected chi connectivity index (χ4v) is 4.83. The van der Waals surface area contributed by atoms with Gasteiger partial charge in [0.05, 0.1) is 18.4 Å². The predicted octanol–water partition coefficient (Wildman–Crippen LogP) is 3.00. The van der Waals surface area contributed by atoms with Crippen LogP contribution in [0.3, 0.4) is 0 Å². The van der Waals surface area contributed by atoms with Crippen molar-refractivity contribution in [1.29, 1.82) is 0 Å². The van der Waals surface area contributed by atoms with E-state index in [-0.39, 0.29) is 17.0 Å². The van der Waals surface area contributed by atoms with Gasteiger partial charge < -0.3 is 15.4 Å². The Balaban J connectivity index is 1.32. The number of esters is 1. The van der Waals surface area contributed by atoms with Crippen molar-refractivity contribution in [2.24, 2.45) is 5.73 Å². The van der Waals surface area contributed by atoms with Gasteiger partial charge in [-0.2, -0.15) is 0 Å². The monoisotopic (exact) mass is 527 g/mol. The molecule has 0 radical (unpaired) electrons. The molecule has 0 bridgehead atoms. The van der Waals surface area contributed by atoms with Crippen molar-refractivity contribution >= 4 is 17.6 Å². The number of amides is 1. The number of carbonyl (C=O) groups excluding carboxylic acids is 2. The number of piperazine rings is 1. The number of benzene rings is 2. The van der Waals surface area contributed by atoms with Gasteiger partial charge >= 0.3 is 11.7 Å². The number of primary amides is 1. The summed E-state index contributed by atoms with van der Waals surface area (Å²) in [4.78, 5) is 43.6. The Labute approximate surface area is 218 Å². The molecule has 9 nitrogen and oxygen atoms in total. The van der Waals surface area contributed by atoms with E-state index in [0.717, 1.165) is 63.4 Å². The molecule has 1 fully saturated rings. The number of aromatic amines is 1. The molecule has 4 rings (SSSR count). The van der Waals surface area contributed by atoms with Crippen molar-refractivity contribution < 1.29 is 23.1 Å². The number of hydrogen-bond acceptors (Lipinski definition) is 6. The molecule has 1 amide bonds. The molecule has 3 N–H and O–H groups in total. The lowest BCUT2D eigenvalue weighted by Gasteiger charge is -2.36. The lowest BCUT2D eigenvalue weighted by atomic mass is 10.1. The lowest BCUT2D eigenvalue weighted by molar-refractivity contribution is 0.0595. The molecule has 1 aromatic heterocycles. The van der Waals surface area contributed by atoms with E-state index in [2.05, 4.69) is 14.8 Å². The summed E-state index contributed by atoms with van der Waals surface area (Å²) < 4.78 is 33.5. The molecular formula is C27H31F2N5O4. The maximum absolute atomic E-state index is 13.9. The van der Waals surface area contributed by atoms with Gasteiger partial charge in [0.1, 0.15) is 0 Å². The summed E-state index contributed by atoms with van der Waals surface area (Å²) in [6.07, 6.45) is 2.38. The summed E-state index contributed by atoms with van der Waals surface area (Å²) in [5.74, 6) is -3.29. The lowest BCUT2D eigenvalue weighted by Crippen LogP contribution is -2.47. The normalized spacial score (nSPS) is 14.0. The number of anilines is 1. The topological polar surface area (TPSA) is 114 Å². The minimum Gasteiger partial charge on any atom is -0.464 e. The molecule has 0 atom stereocenters. The number of H-pyrrole nitrogens is 1. The van der Waals surface area contributed by atoms with Gasteiger partial charge in [0, 0.05) is 44.0 Å². The van der Waals surface area contributed by atoms with Crippen LogP contribution in [0.2, 0.25) is 0 Å². The van der Waals surface area contributed by atoms with Crippen molar-refractivity contribution in [3.05, 3.63) is 75.8 Å². The third-order valence-electron chi connectivity index (χ3n) is 6.80. The molecular weight excluding hydrogens is 496 g/mol. The Kier molecular flexibility index (Phi) is 8.57. The molecule has 202 valence electrons. The first-order valence-electron chi connectivity index (χ1n) is 12.5. The van der Waals surface area contributed by atoms with Gasteiger partial charge in [-0.3, -0.25) is 19.2 Å². The van der Waals surface area contributed by atoms with Crippen LogP contribution in [-0.2, 0) is 11.3 Å². The number of para-hydroxylation sites is 1. The second-order valence-corrected chi connectivity index (χ2v) is 9.20. The van der Waals surface area contributed by atoms with Gasteiger partial charge in [0.2, 0.25) is 0 Å². The largest absolute Gasteiger partial charge is 0.464 e. The van der Waals surface area contributed by atoms with Gasteiger partial charge in [-0.05, 0) is 49.7 Å². The molecule has 1 aliphatic rings. The van der Waals surface area contributed by atoms with Crippen LogP contribution in [0.5, 0.6) is 0 Å². The zero-order chi connectivity index (χ0) is 27.2. The van der Waals surface area contributed by atoms with E-state index in [1.54, 1.807) is 12.1 Å². The highest BCUT2D eigenvalue weighted by molar-refractivity contribution is 5.98. The highest BCUT2D eigenvalue weighted by Gasteiger charge is 2.23. The van der Waals surface area contributed by atoms with E-state index in [4.69, 9.17) is 10.5 Å². The maximum Gasteiger partial charge on any atom is 0.356 e. The van der Waals surface area contributed by atoms with Crippen LogP contribution in [0.1, 0.15) is 40.1 Å². The van der Waals surface area contributed by atoms with Crippen LogP contribution in [0.25, 0.3) is 11.3 Å². The van der Waals surface area contributed by atoms with Crippen LogP contribution in [-0.4, -0.2) is 66.2 Å². The van der Waals surface area contributed by atoms with Crippen molar-refractivity contribution in [2.45, 2.75) is 25.8 Å². The van der Waals surface area contributed by atoms with Crippen LogP contribution in [0.4, 0.5) is 14.5 Å². The van der Waals surface area contributed by atoms with E-state index in [1.165, 1.54) is 17.7 Å². The van der Waals surface area contributed by atoms with Gasteiger partial charge in [-0.15, -0.1) is 0 Å². The Hall–Kier alpha value is -3.99. The molecule has 1 saturated heterocycles. The number of halogens is 2. The van der Waals surface area contributed by atoms with Crippen molar-refractivity contribution in [3.63, 3.8) is 0 Å². The number of rotatable bonds is 10. The molecule has 0 aliphatic carbocycles. The molecule has 11 heteroatoms. The van der Waals surface area contributed by atoms with Crippen LogP contribution < -0.4 is 16.3 Å². The zero-order valence-electron chi connectivity index (χ0n) is 21.2. The number of unbranched alkanes of at least 4 members (excludes halogenated alkanes) is 2. The Morgan fingerprint density at radius 3 is 2.37 bits per heavy atom. The average molecular weight is 528 g/mol. The second kappa shape index (κ2) is 12.0. The van der Waals surface area contributed by atoms with E-state index >= 15 is 0 Å². The van der Waals surface area contributed by atoms with Crippen LogP contribution in [0, 0.1) is 11.6 Å². The first-order valence-corrected chi connectivity index (χ1v) is 12.5. The molecule has 0 unspecified atom stereocenters. The summed E-state index contributed by atoms with van der Waals surface area (Å²) in [6.45, 7) is 4.48. The number of nitrogens with zero attached hydrogens (tertiary/aromatic N) is 3. The SMILES string of the molecule is COC(=O)c1[nH]c(=O)n(CCCCCN2CCN(c3ccccc3C(N)=O)CC2)c1-c1ccc(F)c(F)c1. The number of nitrogens with one attached hydrogen (secondary N) is 1. The maximum atomic E-state index is 13.9. The minimum atomic E-state index is -1.07. The van der Waals surface area contributed by atoms with Gasteiger partial charge in [0.25, 0.3) is 5.91 Å². The number of nitrogens with two attached hydrogens (primary N) is 1. The van der Waals surface area contributed by atoms with Crippen LogP contribution in [0.15, 0.2) is 47.3 Å². The average Bonchev–Trinajstić information content (AvgIpc) is 3.25.